The SMILES string of the molecule is OC(C#CC(F)(F)F)c1ccccc1-c1ccccc1. The molecule has 102 valence electrons. The lowest BCUT2D eigenvalue weighted by Gasteiger charge is -2.11. The maximum Gasteiger partial charge on any atom is 0.457 e. The molecule has 20 heavy (non-hydrogen) atoms. The lowest BCUT2D eigenvalue weighted by Crippen LogP contribution is -2.04. The van der Waals surface area contributed by atoms with Crippen LogP contribution in [0.15, 0.2) is 54.6 Å². The minimum absolute atomic E-state index is 0.357. The first-order chi connectivity index (χ1) is 9.47. The second-order valence-corrected chi connectivity index (χ2v) is 4.12. The molecule has 0 radical (unpaired) electrons. The maximum absolute atomic E-state index is 12.1. The highest BCUT2D eigenvalue weighted by Gasteiger charge is 2.23. The smallest absolute Gasteiger partial charge is 0.376 e. The van der Waals surface area contributed by atoms with E-state index in [2.05, 4.69) is 0 Å². The minimum atomic E-state index is -4.61. The molecule has 0 aliphatic rings. The van der Waals surface area contributed by atoms with Crippen LogP contribution >= 0.6 is 0 Å². The molecule has 2 aromatic carbocycles. The van der Waals surface area contributed by atoms with E-state index in [0.717, 1.165) is 11.5 Å². The number of alkyl halides is 3. The van der Waals surface area contributed by atoms with Gasteiger partial charge < -0.3 is 5.11 Å². The van der Waals surface area contributed by atoms with Gasteiger partial charge in [0.25, 0.3) is 0 Å². The summed E-state index contributed by atoms with van der Waals surface area (Å²) >= 11 is 0. The van der Waals surface area contributed by atoms with Crippen molar-refractivity contribution in [3.8, 4) is 23.0 Å². The van der Waals surface area contributed by atoms with Gasteiger partial charge in [0, 0.05) is 11.5 Å². The van der Waals surface area contributed by atoms with Crippen LogP contribution in [0.3, 0.4) is 0 Å². The highest BCUT2D eigenvalue weighted by atomic mass is 19.4. The van der Waals surface area contributed by atoms with Crippen LogP contribution in [0, 0.1) is 11.8 Å². The monoisotopic (exact) mass is 276 g/mol. The van der Waals surface area contributed by atoms with Crippen LogP contribution in [0.25, 0.3) is 11.1 Å². The molecule has 0 aliphatic heterocycles. The molecule has 0 fully saturated rings. The van der Waals surface area contributed by atoms with Gasteiger partial charge in [-0.05, 0) is 11.1 Å². The fraction of sp³-hybridized carbons (Fsp3) is 0.125. The van der Waals surface area contributed by atoms with Gasteiger partial charge in [-0.1, -0.05) is 60.5 Å². The van der Waals surface area contributed by atoms with Gasteiger partial charge in [-0.15, -0.1) is 0 Å². The van der Waals surface area contributed by atoms with Crippen LogP contribution < -0.4 is 0 Å². The molecular formula is C16H11F3O. The van der Waals surface area contributed by atoms with Crippen LogP contribution in [0.2, 0.25) is 0 Å². The van der Waals surface area contributed by atoms with Gasteiger partial charge in [-0.3, -0.25) is 0 Å². The van der Waals surface area contributed by atoms with Gasteiger partial charge in [0.1, 0.15) is 6.10 Å². The summed E-state index contributed by atoms with van der Waals surface area (Å²) in [5.74, 6) is 2.93. The zero-order chi connectivity index (χ0) is 14.6. The first-order valence-corrected chi connectivity index (χ1v) is 5.89. The summed E-state index contributed by atoms with van der Waals surface area (Å²) in [5, 5.41) is 9.85. The van der Waals surface area contributed by atoms with E-state index in [1.54, 1.807) is 24.3 Å². The summed E-state index contributed by atoms with van der Waals surface area (Å²) in [6.07, 6.45) is -6.09. The molecule has 0 bridgehead atoms. The third-order valence-electron chi connectivity index (χ3n) is 2.69. The Kier molecular flexibility index (Phi) is 4.11. The Morgan fingerprint density at radius 1 is 0.900 bits per heavy atom. The van der Waals surface area contributed by atoms with E-state index >= 15 is 0 Å². The van der Waals surface area contributed by atoms with Gasteiger partial charge >= 0.3 is 6.18 Å². The Balaban J connectivity index is 2.40. The first-order valence-electron chi connectivity index (χ1n) is 5.89. The van der Waals surface area contributed by atoms with Gasteiger partial charge in [0.15, 0.2) is 0 Å². The number of benzene rings is 2. The van der Waals surface area contributed by atoms with Crippen LogP contribution in [0.5, 0.6) is 0 Å². The number of rotatable bonds is 2. The van der Waals surface area contributed by atoms with Gasteiger partial charge in [0.2, 0.25) is 0 Å². The summed E-state index contributed by atoms with van der Waals surface area (Å²) in [6, 6.07) is 15.8. The van der Waals surface area contributed by atoms with E-state index < -0.39 is 12.3 Å². The molecule has 0 saturated carbocycles. The van der Waals surface area contributed by atoms with E-state index in [1.165, 1.54) is 0 Å². The number of halogens is 3. The minimum Gasteiger partial charge on any atom is -0.376 e. The molecular weight excluding hydrogens is 265 g/mol. The van der Waals surface area contributed by atoms with Crippen molar-refractivity contribution >= 4 is 0 Å². The molecule has 2 aromatic rings. The molecule has 0 spiro atoms. The van der Waals surface area contributed by atoms with Gasteiger partial charge in [0.05, 0.1) is 0 Å². The third kappa shape index (κ3) is 3.62. The van der Waals surface area contributed by atoms with E-state index in [-0.39, 0.29) is 0 Å². The predicted molar refractivity (Wildman–Crippen MR) is 70.7 cm³/mol. The fourth-order valence-corrected chi connectivity index (χ4v) is 1.84. The van der Waals surface area contributed by atoms with E-state index in [1.807, 2.05) is 36.3 Å². The van der Waals surface area contributed by atoms with Crippen LogP contribution in [-0.2, 0) is 0 Å². The first kappa shape index (κ1) is 14.2. The molecule has 2 rings (SSSR count). The van der Waals surface area contributed by atoms with E-state index in [4.69, 9.17) is 0 Å². The molecule has 0 aromatic heterocycles. The summed E-state index contributed by atoms with van der Waals surface area (Å²) in [5.41, 5.74) is 1.84. The molecule has 0 heterocycles. The molecule has 0 saturated heterocycles. The van der Waals surface area contributed by atoms with Crippen LogP contribution in [0.1, 0.15) is 11.7 Å². The second kappa shape index (κ2) is 5.81. The lowest BCUT2D eigenvalue weighted by molar-refractivity contribution is -0.0700. The number of hydrogen-bond donors (Lipinski definition) is 1. The Morgan fingerprint density at radius 2 is 1.50 bits per heavy atom. The van der Waals surface area contributed by atoms with Crippen LogP contribution in [0.4, 0.5) is 13.2 Å². The summed E-state index contributed by atoms with van der Waals surface area (Å²) < 4.78 is 36.2. The number of aliphatic hydroxyl groups excluding tert-OH is 1. The van der Waals surface area contributed by atoms with Crippen molar-refractivity contribution in [2.45, 2.75) is 12.3 Å². The highest BCUT2D eigenvalue weighted by Crippen LogP contribution is 2.28. The maximum atomic E-state index is 12.1. The normalized spacial score (nSPS) is 12.4. The topological polar surface area (TPSA) is 20.2 Å². The van der Waals surface area contributed by atoms with Crippen molar-refractivity contribution in [1.82, 2.24) is 0 Å². The third-order valence-corrected chi connectivity index (χ3v) is 2.69. The fourth-order valence-electron chi connectivity index (χ4n) is 1.84. The van der Waals surface area contributed by atoms with Crippen molar-refractivity contribution in [1.29, 1.82) is 0 Å². The largest absolute Gasteiger partial charge is 0.457 e. The summed E-state index contributed by atoms with van der Waals surface area (Å²) in [6.45, 7) is 0. The zero-order valence-electron chi connectivity index (χ0n) is 10.4. The standard InChI is InChI=1S/C16H11F3O/c17-16(18,19)11-10-15(20)14-9-5-4-8-13(14)12-6-2-1-3-7-12/h1-9,15,20H. The Bertz CT molecular complexity index is 636. The Hall–Kier alpha value is -2.25. The van der Waals surface area contributed by atoms with Crippen LogP contribution in [-0.4, -0.2) is 11.3 Å². The zero-order valence-corrected chi connectivity index (χ0v) is 10.4. The Morgan fingerprint density at radius 3 is 2.15 bits per heavy atom. The highest BCUT2D eigenvalue weighted by molar-refractivity contribution is 5.68. The number of aliphatic hydroxyl groups is 1. The van der Waals surface area contributed by atoms with Crippen molar-refractivity contribution in [2.24, 2.45) is 0 Å². The number of hydrogen-bond acceptors (Lipinski definition) is 1. The quantitative estimate of drug-likeness (QED) is 0.823. The van der Waals surface area contributed by atoms with Crippen molar-refractivity contribution < 1.29 is 18.3 Å². The molecule has 1 nitrogen and oxygen atoms in total. The lowest BCUT2D eigenvalue weighted by atomic mass is 9.96. The summed E-state index contributed by atoms with van der Waals surface area (Å²) in [4.78, 5) is 0. The Labute approximate surface area is 114 Å². The van der Waals surface area contributed by atoms with Crippen molar-refractivity contribution in [3.05, 3.63) is 60.2 Å². The van der Waals surface area contributed by atoms with Crippen molar-refractivity contribution in [2.75, 3.05) is 0 Å². The molecule has 1 N–H and O–H groups in total. The van der Waals surface area contributed by atoms with E-state index in [9.17, 15) is 18.3 Å². The molecule has 1 atom stereocenters. The predicted octanol–water partition coefficient (Wildman–Crippen LogP) is 3.95. The van der Waals surface area contributed by atoms with E-state index in [0.29, 0.717) is 11.1 Å². The summed E-state index contributed by atoms with van der Waals surface area (Å²) in [7, 11) is 0. The van der Waals surface area contributed by atoms with Gasteiger partial charge in [-0.2, -0.15) is 13.2 Å². The molecule has 1 unspecified atom stereocenters. The molecule has 0 aliphatic carbocycles. The average Bonchev–Trinajstić information content (AvgIpc) is 2.45. The van der Waals surface area contributed by atoms with Gasteiger partial charge in [-0.25, -0.2) is 0 Å². The average molecular weight is 276 g/mol. The van der Waals surface area contributed by atoms with Crippen molar-refractivity contribution in [3.63, 3.8) is 0 Å². The molecule has 0 amide bonds. The second-order valence-electron chi connectivity index (χ2n) is 4.12. The molecule has 4 heteroatoms.